The van der Waals surface area contributed by atoms with Crippen molar-refractivity contribution in [3.63, 3.8) is 0 Å². The van der Waals surface area contributed by atoms with Crippen LogP contribution in [-0.4, -0.2) is 42.6 Å². The molecule has 0 radical (unpaired) electrons. The highest BCUT2D eigenvalue weighted by Gasteiger charge is 2.46. The first-order chi connectivity index (χ1) is 11.2. The van der Waals surface area contributed by atoms with Crippen LogP contribution >= 0.6 is 11.3 Å². The van der Waals surface area contributed by atoms with Gasteiger partial charge in [0.15, 0.2) is 0 Å². The van der Waals surface area contributed by atoms with Crippen LogP contribution in [0.1, 0.15) is 23.2 Å². The molecule has 1 saturated heterocycles. The second kappa shape index (κ2) is 6.81. The minimum atomic E-state index is -0.0671. The number of nitrogens with zero attached hydrogens (tertiary/aromatic N) is 2. The van der Waals surface area contributed by atoms with E-state index >= 15 is 0 Å². The molecule has 0 saturated carbocycles. The smallest absolute Gasteiger partial charge is 0.228 e. The van der Waals surface area contributed by atoms with Crippen molar-refractivity contribution in [3.05, 3.63) is 52.0 Å². The van der Waals surface area contributed by atoms with Crippen LogP contribution < -0.4 is 0 Å². The van der Waals surface area contributed by atoms with Gasteiger partial charge in [-0.2, -0.15) is 0 Å². The molecule has 1 aromatic carbocycles. The number of amides is 1. The van der Waals surface area contributed by atoms with Crippen molar-refractivity contribution in [2.45, 2.75) is 25.2 Å². The molecule has 1 aliphatic rings. The Labute approximate surface area is 141 Å². The van der Waals surface area contributed by atoms with Gasteiger partial charge in [-0.05, 0) is 12.0 Å². The van der Waals surface area contributed by atoms with E-state index in [1.54, 1.807) is 18.4 Å². The normalized spacial score (nSPS) is 16.2. The highest BCUT2D eigenvalue weighted by atomic mass is 32.1. The molecule has 122 valence electrons. The van der Waals surface area contributed by atoms with E-state index in [2.05, 4.69) is 24.0 Å². The Balaban J connectivity index is 1.64. The molecule has 0 unspecified atom stereocenters. The van der Waals surface area contributed by atoms with Crippen molar-refractivity contribution >= 4 is 17.2 Å². The summed E-state index contributed by atoms with van der Waals surface area (Å²) in [7, 11) is 1.72. The Kier molecular flexibility index (Phi) is 4.78. The molecule has 2 heterocycles. The molecule has 0 atom stereocenters. The molecular weight excluding hydrogens is 308 g/mol. The second-order valence-electron chi connectivity index (χ2n) is 6.09. The number of rotatable bonds is 6. The summed E-state index contributed by atoms with van der Waals surface area (Å²) in [6.45, 7) is 4.15. The predicted octanol–water partition coefficient (Wildman–Crippen LogP) is 2.67. The highest BCUT2D eigenvalue weighted by molar-refractivity contribution is 7.09. The molecule has 2 aromatic rings. The summed E-state index contributed by atoms with van der Waals surface area (Å²) >= 11 is 1.63. The van der Waals surface area contributed by atoms with Crippen LogP contribution in [0.5, 0.6) is 0 Å². The molecule has 0 aliphatic carbocycles. The third-order valence-electron chi connectivity index (χ3n) is 4.38. The number of ether oxygens (including phenoxy) is 1. The fourth-order valence-corrected chi connectivity index (χ4v) is 3.89. The summed E-state index contributed by atoms with van der Waals surface area (Å²) in [6, 6.07) is 10.3. The number of hydrogen-bond donors (Lipinski definition) is 0. The van der Waals surface area contributed by atoms with Crippen LogP contribution in [0.25, 0.3) is 0 Å². The quantitative estimate of drug-likeness (QED) is 0.818. The SMILES string of the molecule is CCc1nc(CC(=O)N2CC(COC)(c3ccccc3)C2)cs1. The number of aromatic nitrogens is 1. The average Bonchev–Trinajstić information content (AvgIpc) is 2.98. The molecule has 1 aromatic heterocycles. The van der Waals surface area contributed by atoms with Crippen LogP contribution in [0, 0.1) is 0 Å². The van der Waals surface area contributed by atoms with Gasteiger partial charge in [-0.3, -0.25) is 4.79 Å². The third kappa shape index (κ3) is 3.31. The zero-order valence-electron chi connectivity index (χ0n) is 13.6. The molecular formula is C18H22N2O2S. The summed E-state index contributed by atoms with van der Waals surface area (Å²) in [5.41, 5.74) is 2.07. The van der Waals surface area contributed by atoms with Crippen molar-refractivity contribution in [1.29, 1.82) is 0 Å². The topological polar surface area (TPSA) is 42.4 Å². The van der Waals surface area contributed by atoms with E-state index in [0.29, 0.717) is 26.1 Å². The Hall–Kier alpha value is -1.72. The number of carbonyl (C=O) groups excluding carboxylic acids is 1. The van der Waals surface area contributed by atoms with Gasteiger partial charge in [0, 0.05) is 25.6 Å². The summed E-state index contributed by atoms with van der Waals surface area (Å²) in [4.78, 5) is 18.9. The first kappa shape index (κ1) is 16.1. The van der Waals surface area contributed by atoms with Gasteiger partial charge in [-0.25, -0.2) is 4.98 Å². The molecule has 0 bridgehead atoms. The Morgan fingerprint density at radius 1 is 1.35 bits per heavy atom. The van der Waals surface area contributed by atoms with Crippen LogP contribution in [0.4, 0.5) is 0 Å². The number of benzene rings is 1. The average molecular weight is 330 g/mol. The van der Waals surface area contributed by atoms with E-state index in [1.165, 1.54) is 5.56 Å². The molecule has 3 rings (SSSR count). The van der Waals surface area contributed by atoms with E-state index in [-0.39, 0.29) is 11.3 Å². The van der Waals surface area contributed by atoms with Gasteiger partial charge in [0.1, 0.15) is 0 Å². The lowest BCUT2D eigenvalue weighted by Crippen LogP contribution is -2.63. The standard InChI is InChI=1S/C18H22N2O2S/c1-3-16-19-15(10-23-16)9-17(21)20-11-18(12-20,13-22-2)14-7-5-4-6-8-14/h4-8,10H,3,9,11-13H2,1-2H3. The van der Waals surface area contributed by atoms with Crippen molar-refractivity contribution in [3.8, 4) is 0 Å². The van der Waals surface area contributed by atoms with Gasteiger partial charge >= 0.3 is 0 Å². The van der Waals surface area contributed by atoms with Gasteiger partial charge in [0.05, 0.1) is 29.1 Å². The number of aryl methyl sites for hydroxylation is 1. The largest absolute Gasteiger partial charge is 0.384 e. The molecule has 1 amide bonds. The lowest BCUT2D eigenvalue weighted by Gasteiger charge is -2.50. The van der Waals surface area contributed by atoms with Gasteiger partial charge in [-0.15, -0.1) is 11.3 Å². The maximum absolute atomic E-state index is 12.5. The first-order valence-corrected chi connectivity index (χ1v) is 8.80. The fraction of sp³-hybridized carbons (Fsp3) is 0.444. The van der Waals surface area contributed by atoms with Crippen molar-refractivity contribution in [2.24, 2.45) is 0 Å². The maximum Gasteiger partial charge on any atom is 0.228 e. The number of hydrogen-bond acceptors (Lipinski definition) is 4. The number of methoxy groups -OCH3 is 1. The minimum absolute atomic E-state index is 0.0671. The maximum atomic E-state index is 12.5. The predicted molar refractivity (Wildman–Crippen MR) is 91.8 cm³/mol. The number of carbonyl (C=O) groups is 1. The van der Waals surface area contributed by atoms with Crippen molar-refractivity contribution in [2.75, 3.05) is 26.8 Å². The summed E-state index contributed by atoms with van der Waals surface area (Å²) in [6.07, 6.45) is 1.32. The monoisotopic (exact) mass is 330 g/mol. The molecule has 23 heavy (non-hydrogen) atoms. The molecule has 1 fully saturated rings. The number of thiazole rings is 1. The van der Waals surface area contributed by atoms with Crippen LogP contribution in [0.3, 0.4) is 0 Å². The molecule has 0 N–H and O–H groups in total. The highest BCUT2D eigenvalue weighted by Crippen LogP contribution is 2.35. The zero-order chi connectivity index (χ0) is 16.3. The Morgan fingerprint density at radius 2 is 2.09 bits per heavy atom. The molecule has 5 heteroatoms. The Bertz CT molecular complexity index is 663. The van der Waals surface area contributed by atoms with E-state index in [9.17, 15) is 4.79 Å². The lowest BCUT2D eigenvalue weighted by molar-refractivity contribution is -0.140. The van der Waals surface area contributed by atoms with Crippen molar-refractivity contribution < 1.29 is 9.53 Å². The Morgan fingerprint density at radius 3 is 2.70 bits per heavy atom. The van der Waals surface area contributed by atoms with Gasteiger partial charge in [0.2, 0.25) is 5.91 Å². The minimum Gasteiger partial charge on any atom is -0.384 e. The number of likely N-dealkylation sites (tertiary alicyclic amines) is 1. The van der Waals surface area contributed by atoms with Crippen LogP contribution in [0.15, 0.2) is 35.7 Å². The third-order valence-corrected chi connectivity index (χ3v) is 5.42. The van der Waals surface area contributed by atoms with E-state index in [4.69, 9.17) is 4.74 Å². The summed E-state index contributed by atoms with van der Waals surface area (Å²) in [5, 5.41) is 3.09. The van der Waals surface area contributed by atoms with Crippen LogP contribution in [0.2, 0.25) is 0 Å². The first-order valence-electron chi connectivity index (χ1n) is 7.92. The molecule has 0 spiro atoms. The van der Waals surface area contributed by atoms with Gasteiger partial charge < -0.3 is 9.64 Å². The van der Waals surface area contributed by atoms with E-state index < -0.39 is 0 Å². The van der Waals surface area contributed by atoms with E-state index in [1.807, 2.05) is 28.5 Å². The molecule has 1 aliphatic heterocycles. The lowest BCUT2D eigenvalue weighted by atomic mass is 9.74. The molecule has 4 nitrogen and oxygen atoms in total. The van der Waals surface area contributed by atoms with Crippen molar-refractivity contribution in [1.82, 2.24) is 9.88 Å². The summed E-state index contributed by atoms with van der Waals surface area (Å²) < 4.78 is 5.42. The van der Waals surface area contributed by atoms with Gasteiger partial charge in [-0.1, -0.05) is 37.3 Å². The van der Waals surface area contributed by atoms with E-state index in [0.717, 1.165) is 17.1 Å². The summed E-state index contributed by atoms with van der Waals surface area (Å²) in [5.74, 6) is 0.153. The fourth-order valence-electron chi connectivity index (χ4n) is 3.15. The zero-order valence-corrected chi connectivity index (χ0v) is 14.4. The second-order valence-corrected chi connectivity index (χ2v) is 7.03. The van der Waals surface area contributed by atoms with Gasteiger partial charge in [0.25, 0.3) is 0 Å². The van der Waals surface area contributed by atoms with Crippen LogP contribution in [-0.2, 0) is 27.8 Å².